The Morgan fingerprint density at radius 2 is 1.69 bits per heavy atom. The Labute approximate surface area is 157 Å². The summed E-state index contributed by atoms with van der Waals surface area (Å²) >= 11 is 2.99. The van der Waals surface area contributed by atoms with Gasteiger partial charge in [0.2, 0.25) is 0 Å². The maximum Gasteiger partial charge on any atom is 0.573 e. The van der Waals surface area contributed by atoms with E-state index in [1.54, 1.807) is 12.1 Å². The van der Waals surface area contributed by atoms with Gasteiger partial charge in [0.05, 0.1) is 6.10 Å². The first kappa shape index (κ1) is 20.4. The maximum atomic E-state index is 12.6. The molecule has 2 rings (SSSR count). The summed E-state index contributed by atoms with van der Waals surface area (Å²) in [5.74, 6) is -0.299. The third-order valence-electron chi connectivity index (χ3n) is 2.90. The number of sulfonamides is 1. The zero-order valence-electron chi connectivity index (χ0n) is 13.7. The van der Waals surface area contributed by atoms with Crippen LogP contribution in [0.15, 0.2) is 51.8 Å². The Morgan fingerprint density at radius 1 is 1.08 bits per heavy atom. The van der Waals surface area contributed by atoms with Crippen molar-refractivity contribution in [3.05, 3.63) is 46.9 Å². The van der Waals surface area contributed by atoms with Gasteiger partial charge in [-0.3, -0.25) is 4.72 Å². The van der Waals surface area contributed by atoms with Crippen LogP contribution in [-0.2, 0) is 10.0 Å². The van der Waals surface area contributed by atoms with Gasteiger partial charge < -0.3 is 9.47 Å². The minimum Gasteiger partial charge on any atom is -0.491 e. The van der Waals surface area contributed by atoms with Crippen molar-refractivity contribution in [3.63, 3.8) is 0 Å². The van der Waals surface area contributed by atoms with Gasteiger partial charge in [-0.25, -0.2) is 8.42 Å². The molecule has 0 aliphatic rings. The minimum atomic E-state index is -5.03. The molecular weight excluding hydrogens is 439 g/mol. The Bertz CT molecular complexity index is 868. The molecule has 5 nitrogen and oxygen atoms in total. The van der Waals surface area contributed by atoms with Gasteiger partial charge in [-0.15, -0.1) is 13.2 Å². The molecular formula is C16H15BrF3NO4S. The van der Waals surface area contributed by atoms with E-state index in [0.717, 1.165) is 12.1 Å². The molecule has 2 aromatic carbocycles. The van der Waals surface area contributed by atoms with E-state index in [4.69, 9.17) is 4.74 Å². The molecule has 26 heavy (non-hydrogen) atoms. The normalized spacial score (nSPS) is 12.1. The first-order valence-electron chi connectivity index (χ1n) is 7.31. The summed E-state index contributed by atoms with van der Waals surface area (Å²) in [5.41, 5.74) is 0.169. The molecule has 0 heterocycles. The molecule has 142 valence electrons. The number of halogens is 4. The van der Waals surface area contributed by atoms with Gasteiger partial charge in [0, 0.05) is 10.2 Å². The van der Waals surface area contributed by atoms with E-state index in [9.17, 15) is 21.6 Å². The van der Waals surface area contributed by atoms with Crippen molar-refractivity contribution in [3.8, 4) is 11.5 Å². The van der Waals surface area contributed by atoms with E-state index in [2.05, 4.69) is 25.4 Å². The summed E-state index contributed by atoms with van der Waals surface area (Å²) in [5, 5.41) is 0. The first-order valence-corrected chi connectivity index (χ1v) is 9.59. The lowest BCUT2D eigenvalue weighted by atomic mass is 10.3. The number of ether oxygens (including phenoxy) is 2. The summed E-state index contributed by atoms with van der Waals surface area (Å²) < 4.78 is 74.3. The zero-order chi connectivity index (χ0) is 19.5. The minimum absolute atomic E-state index is 0.0533. The fourth-order valence-electron chi connectivity index (χ4n) is 1.99. The van der Waals surface area contributed by atoms with Crippen molar-refractivity contribution in [2.24, 2.45) is 0 Å². The largest absolute Gasteiger partial charge is 0.573 e. The molecule has 0 bridgehead atoms. The summed E-state index contributed by atoms with van der Waals surface area (Å²) in [6.45, 7) is 3.68. The molecule has 0 fully saturated rings. The molecule has 0 unspecified atom stereocenters. The predicted molar refractivity (Wildman–Crippen MR) is 93.8 cm³/mol. The third kappa shape index (κ3) is 5.80. The summed E-state index contributed by atoms with van der Waals surface area (Å²) in [6.07, 6.45) is -5.08. The van der Waals surface area contributed by atoms with Crippen LogP contribution >= 0.6 is 15.9 Å². The van der Waals surface area contributed by atoms with Crippen LogP contribution in [-0.4, -0.2) is 20.9 Å². The van der Waals surface area contributed by atoms with Crippen LogP contribution in [0.1, 0.15) is 13.8 Å². The highest BCUT2D eigenvalue weighted by molar-refractivity contribution is 9.10. The van der Waals surface area contributed by atoms with Crippen LogP contribution in [0.4, 0.5) is 18.9 Å². The Kier molecular flexibility index (Phi) is 6.07. The number of hydrogen-bond donors (Lipinski definition) is 1. The van der Waals surface area contributed by atoms with Crippen LogP contribution in [0.3, 0.4) is 0 Å². The second-order valence-electron chi connectivity index (χ2n) is 5.44. The van der Waals surface area contributed by atoms with E-state index in [-0.39, 0.29) is 16.3 Å². The number of rotatable bonds is 6. The number of nitrogens with one attached hydrogen (secondary N) is 1. The van der Waals surface area contributed by atoms with E-state index >= 15 is 0 Å². The van der Waals surface area contributed by atoms with Gasteiger partial charge in [0.15, 0.2) is 5.75 Å². The van der Waals surface area contributed by atoms with Crippen LogP contribution in [0.5, 0.6) is 11.5 Å². The number of anilines is 1. The van der Waals surface area contributed by atoms with Gasteiger partial charge in [-0.1, -0.05) is 15.9 Å². The van der Waals surface area contributed by atoms with E-state index in [1.165, 1.54) is 18.2 Å². The quantitative estimate of drug-likeness (QED) is 0.672. The van der Waals surface area contributed by atoms with Crippen molar-refractivity contribution in [1.82, 2.24) is 0 Å². The molecule has 0 radical (unpaired) electrons. The highest BCUT2D eigenvalue weighted by Gasteiger charge is 2.34. The standard InChI is InChI=1S/C16H15BrF3NO4S/c1-10(2)24-13-6-4-12(5-7-13)21-26(22,23)15-8-3-11(17)9-14(15)25-16(18,19)20/h3-10,21H,1-2H3. The van der Waals surface area contributed by atoms with Gasteiger partial charge in [-0.2, -0.15) is 0 Å². The zero-order valence-corrected chi connectivity index (χ0v) is 16.1. The highest BCUT2D eigenvalue weighted by Crippen LogP contribution is 2.33. The van der Waals surface area contributed by atoms with Crippen LogP contribution in [0.25, 0.3) is 0 Å². The number of benzene rings is 2. The third-order valence-corrected chi connectivity index (χ3v) is 4.81. The second-order valence-corrected chi connectivity index (χ2v) is 8.00. The van der Waals surface area contributed by atoms with Crippen LogP contribution in [0, 0.1) is 0 Å². The average Bonchev–Trinajstić information content (AvgIpc) is 2.46. The molecule has 0 saturated heterocycles. The van der Waals surface area contributed by atoms with Gasteiger partial charge in [0.25, 0.3) is 10.0 Å². The number of hydrogen-bond acceptors (Lipinski definition) is 4. The van der Waals surface area contributed by atoms with Crippen molar-refractivity contribution in [1.29, 1.82) is 0 Å². The molecule has 0 amide bonds. The van der Waals surface area contributed by atoms with Crippen LogP contribution < -0.4 is 14.2 Å². The van der Waals surface area contributed by atoms with Gasteiger partial charge >= 0.3 is 6.36 Å². The van der Waals surface area contributed by atoms with Gasteiger partial charge in [-0.05, 0) is 56.3 Å². The average molecular weight is 454 g/mol. The monoisotopic (exact) mass is 453 g/mol. The predicted octanol–water partition coefficient (Wildman–Crippen LogP) is 4.94. The number of alkyl halides is 3. The van der Waals surface area contributed by atoms with Crippen molar-refractivity contribution in [2.75, 3.05) is 4.72 Å². The molecule has 1 N–H and O–H groups in total. The van der Waals surface area contributed by atoms with Gasteiger partial charge in [0.1, 0.15) is 10.6 Å². The topological polar surface area (TPSA) is 64.6 Å². The van der Waals surface area contributed by atoms with Crippen molar-refractivity contribution in [2.45, 2.75) is 31.2 Å². The molecule has 2 aromatic rings. The fraction of sp³-hybridized carbons (Fsp3) is 0.250. The van der Waals surface area contributed by atoms with E-state index in [0.29, 0.717) is 5.75 Å². The Morgan fingerprint density at radius 3 is 2.23 bits per heavy atom. The Balaban J connectivity index is 2.30. The smallest absolute Gasteiger partial charge is 0.491 e. The second kappa shape index (κ2) is 7.75. The van der Waals surface area contributed by atoms with E-state index < -0.39 is 27.0 Å². The molecule has 0 aliphatic carbocycles. The molecule has 0 saturated carbocycles. The lowest BCUT2D eigenvalue weighted by molar-refractivity contribution is -0.275. The van der Waals surface area contributed by atoms with E-state index in [1.807, 2.05) is 13.8 Å². The summed E-state index contributed by atoms with van der Waals surface area (Å²) in [7, 11) is -4.31. The lowest BCUT2D eigenvalue weighted by Gasteiger charge is -2.15. The molecule has 0 atom stereocenters. The highest BCUT2D eigenvalue weighted by atomic mass is 79.9. The lowest BCUT2D eigenvalue weighted by Crippen LogP contribution is -2.21. The SMILES string of the molecule is CC(C)Oc1ccc(NS(=O)(=O)c2ccc(Br)cc2OC(F)(F)F)cc1. The van der Waals surface area contributed by atoms with Crippen molar-refractivity contribution < 1.29 is 31.1 Å². The van der Waals surface area contributed by atoms with Crippen molar-refractivity contribution >= 4 is 31.6 Å². The summed E-state index contributed by atoms with van der Waals surface area (Å²) in [4.78, 5) is -0.638. The summed E-state index contributed by atoms with van der Waals surface area (Å²) in [6, 6.07) is 9.23. The maximum absolute atomic E-state index is 12.6. The molecule has 0 aromatic heterocycles. The first-order chi connectivity index (χ1) is 12.0. The Hall–Kier alpha value is -1.94. The fourth-order valence-corrected chi connectivity index (χ4v) is 3.50. The molecule has 0 aliphatic heterocycles. The van der Waals surface area contributed by atoms with Crippen LogP contribution in [0.2, 0.25) is 0 Å². The molecule has 0 spiro atoms. The molecule has 10 heteroatoms.